The van der Waals surface area contributed by atoms with E-state index in [1.165, 1.54) is 0 Å². The number of likely N-dealkylation sites (tertiary alicyclic amines) is 1. The van der Waals surface area contributed by atoms with Crippen LogP contribution in [0.5, 0.6) is 0 Å². The molecular weight excluding hydrogens is 369 g/mol. The first-order valence-electron chi connectivity index (χ1n) is 7.77. The molecule has 3 heterocycles. The summed E-state index contributed by atoms with van der Waals surface area (Å²) >= 11 is 17.2. The molecule has 9 heteroatoms. The van der Waals surface area contributed by atoms with Crippen molar-refractivity contribution in [2.24, 2.45) is 0 Å². The zero-order valence-corrected chi connectivity index (χ0v) is 15.5. The number of amides is 1. The number of aromatic nitrogens is 4. The van der Waals surface area contributed by atoms with E-state index in [0.29, 0.717) is 22.9 Å². The number of pyridine rings is 1. The molecule has 0 radical (unpaired) electrons. The van der Waals surface area contributed by atoms with Crippen LogP contribution in [0.1, 0.15) is 42.0 Å². The van der Waals surface area contributed by atoms with Crippen LogP contribution in [-0.4, -0.2) is 43.6 Å². The van der Waals surface area contributed by atoms with Crippen LogP contribution < -0.4 is 0 Å². The van der Waals surface area contributed by atoms with Crippen molar-refractivity contribution in [3.63, 3.8) is 0 Å². The predicted molar refractivity (Wildman–Crippen MR) is 95.2 cm³/mol. The van der Waals surface area contributed by atoms with E-state index >= 15 is 0 Å². The maximum absolute atomic E-state index is 12.6. The summed E-state index contributed by atoms with van der Waals surface area (Å²) < 4.78 is 2.65. The second-order valence-corrected chi connectivity index (χ2v) is 6.84. The second-order valence-electron chi connectivity index (χ2n) is 5.66. The fourth-order valence-corrected chi connectivity index (χ4v) is 3.61. The first-order valence-corrected chi connectivity index (χ1v) is 8.94. The smallest absolute Gasteiger partial charge is 0.274 e. The lowest BCUT2D eigenvalue weighted by atomic mass is 9.95. The highest BCUT2D eigenvalue weighted by Gasteiger charge is 2.28. The molecule has 0 bridgehead atoms. The van der Waals surface area contributed by atoms with Gasteiger partial charge >= 0.3 is 0 Å². The molecule has 0 aromatic carbocycles. The van der Waals surface area contributed by atoms with Gasteiger partial charge in [-0.25, -0.2) is 4.98 Å². The van der Waals surface area contributed by atoms with Gasteiger partial charge in [0.05, 0.1) is 5.02 Å². The Bertz CT molecular complexity index is 810. The Morgan fingerprint density at radius 1 is 1.38 bits per heavy atom. The number of rotatable bonds is 3. The van der Waals surface area contributed by atoms with Gasteiger partial charge in [-0.2, -0.15) is 5.10 Å². The first kappa shape index (κ1) is 17.4. The molecule has 1 fully saturated rings. The van der Waals surface area contributed by atoms with E-state index in [9.17, 15) is 4.79 Å². The molecule has 2 aromatic heterocycles. The number of aromatic amines is 1. The minimum Gasteiger partial charge on any atom is -0.337 e. The minimum atomic E-state index is -0.185. The molecule has 1 amide bonds. The molecule has 6 nitrogen and oxygen atoms in total. The maximum atomic E-state index is 12.6. The van der Waals surface area contributed by atoms with Crippen LogP contribution in [-0.2, 0) is 6.54 Å². The molecule has 2 aromatic rings. The number of hydrogen-bond acceptors (Lipinski definition) is 4. The van der Waals surface area contributed by atoms with Crippen molar-refractivity contribution in [3.8, 4) is 0 Å². The van der Waals surface area contributed by atoms with Gasteiger partial charge in [-0.05, 0) is 44.1 Å². The van der Waals surface area contributed by atoms with Crippen molar-refractivity contribution in [2.45, 2.75) is 32.2 Å². The molecule has 1 aliphatic heterocycles. The molecule has 0 atom stereocenters. The summed E-state index contributed by atoms with van der Waals surface area (Å²) in [6, 6.07) is 3.16. The molecule has 24 heavy (non-hydrogen) atoms. The first-order chi connectivity index (χ1) is 11.5. The average molecular weight is 386 g/mol. The van der Waals surface area contributed by atoms with Gasteiger partial charge in [0, 0.05) is 25.6 Å². The Balaban J connectivity index is 1.72. The molecule has 3 rings (SSSR count). The number of carbonyl (C=O) groups is 1. The number of hydrogen-bond donors (Lipinski definition) is 1. The summed E-state index contributed by atoms with van der Waals surface area (Å²) in [5.41, 5.74) is 0.207. The standard InChI is InChI=1S/C15H17Cl2N5OS/c1-2-22-13(19-20-15(22)24)9-5-7-21(8-6-9)14(23)12-10(16)3-4-11(17)18-12/h3-4,9H,2,5-8H2,1H3,(H,20,24). The van der Waals surface area contributed by atoms with Gasteiger partial charge in [-0.15, -0.1) is 0 Å². The number of halogens is 2. The second kappa shape index (κ2) is 7.21. The van der Waals surface area contributed by atoms with Crippen molar-refractivity contribution in [2.75, 3.05) is 13.1 Å². The summed E-state index contributed by atoms with van der Waals surface area (Å²) in [4.78, 5) is 18.4. The van der Waals surface area contributed by atoms with Crippen molar-refractivity contribution < 1.29 is 4.79 Å². The van der Waals surface area contributed by atoms with Crippen LogP contribution in [0.15, 0.2) is 12.1 Å². The molecule has 1 aliphatic rings. The van der Waals surface area contributed by atoms with Gasteiger partial charge < -0.3 is 9.47 Å². The number of piperidine rings is 1. The van der Waals surface area contributed by atoms with Crippen molar-refractivity contribution in [1.82, 2.24) is 24.6 Å². The zero-order chi connectivity index (χ0) is 17.3. The molecule has 1 N–H and O–H groups in total. The van der Waals surface area contributed by atoms with Gasteiger partial charge in [-0.3, -0.25) is 9.89 Å². The van der Waals surface area contributed by atoms with Crippen molar-refractivity contribution >= 4 is 41.3 Å². The van der Waals surface area contributed by atoms with Crippen LogP contribution in [0.3, 0.4) is 0 Å². The molecular formula is C15H17Cl2N5OS. The van der Waals surface area contributed by atoms with Gasteiger partial charge in [-0.1, -0.05) is 23.2 Å². The Morgan fingerprint density at radius 2 is 2.08 bits per heavy atom. The molecule has 1 saturated heterocycles. The lowest BCUT2D eigenvalue weighted by molar-refractivity contribution is 0.0704. The fraction of sp³-hybridized carbons (Fsp3) is 0.467. The largest absolute Gasteiger partial charge is 0.337 e. The highest BCUT2D eigenvalue weighted by molar-refractivity contribution is 7.71. The molecule has 0 aliphatic carbocycles. The predicted octanol–water partition coefficient (Wildman–Crippen LogP) is 3.68. The molecule has 0 unspecified atom stereocenters. The SMILES string of the molecule is CCn1c(C2CCN(C(=O)c3nc(Cl)ccc3Cl)CC2)n[nH]c1=S. The van der Waals surface area contributed by atoms with Gasteiger partial charge in [0.2, 0.25) is 0 Å². The van der Waals surface area contributed by atoms with E-state index < -0.39 is 0 Å². The van der Waals surface area contributed by atoms with Crippen molar-refractivity contribution in [1.29, 1.82) is 0 Å². The van der Waals surface area contributed by atoms with E-state index in [0.717, 1.165) is 25.2 Å². The molecule has 0 spiro atoms. The van der Waals surface area contributed by atoms with Gasteiger partial charge in [0.1, 0.15) is 16.7 Å². The summed E-state index contributed by atoms with van der Waals surface area (Å²) in [5, 5.41) is 7.79. The van der Waals surface area contributed by atoms with E-state index in [1.54, 1.807) is 17.0 Å². The molecule has 128 valence electrons. The maximum Gasteiger partial charge on any atom is 0.274 e. The van der Waals surface area contributed by atoms with Crippen LogP contribution in [0.2, 0.25) is 10.2 Å². The van der Waals surface area contributed by atoms with E-state index in [1.807, 2.05) is 11.5 Å². The normalized spacial score (nSPS) is 15.7. The fourth-order valence-electron chi connectivity index (χ4n) is 3.01. The summed E-state index contributed by atoms with van der Waals surface area (Å²) in [6.45, 7) is 4.07. The van der Waals surface area contributed by atoms with E-state index in [2.05, 4.69) is 15.2 Å². The molecule has 0 saturated carbocycles. The number of H-pyrrole nitrogens is 1. The van der Waals surface area contributed by atoms with Crippen molar-refractivity contribution in [3.05, 3.63) is 38.6 Å². The third-order valence-corrected chi connectivity index (χ3v) is 5.09. The van der Waals surface area contributed by atoms with Crippen LogP contribution in [0.4, 0.5) is 0 Å². The zero-order valence-electron chi connectivity index (χ0n) is 13.1. The lowest BCUT2D eigenvalue weighted by Crippen LogP contribution is -2.39. The number of carbonyl (C=O) groups excluding carboxylic acids is 1. The van der Waals surface area contributed by atoms with E-state index in [-0.39, 0.29) is 22.7 Å². The van der Waals surface area contributed by atoms with Crippen LogP contribution >= 0.6 is 35.4 Å². The number of nitrogens with zero attached hydrogens (tertiary/aromatic N) is 4. The van der Waals surface area contributed by atoms with Gasteiger partial charge in [0.25, 0.3) is 5.91 Å². The summed E-state index contributed by atoms with van der Waals surface area (Å²) in [7, 11) is 0. The Hall–Kier alpha value is -1.44. The topological polar surface area (TPSA) is 66.8 Å². The average Bonchev–Trinajstić information content (AvgIpc) is 2.97. The summed E-state index contributed by atoms with van der Waals surface area (Å²) in [6.07, 6.45) is 1.65. The van der Waals surface area contributed by atoms with E-state index in [4.69, 9.17) is 35.4 Å². The summed E-state index contributed by atoms with van der Waals surface area (Å²) in [5.74, 6) is 1.06. The third kappa shape index (κ3) is 3.34. The third-order valence-electron chi connectivity index (χ3n) is 4.27. The highest BCUT2D eigenvalue weighted by Crippen LogP contribution is 2.28. The number of nitrogens with one attached hydrogen (secondary N) is 1. The monoisotopic (exact) mass is 385 g/mol. The van der Waals surface area contributed by atoms with Crippen LogP contribution in [0, 0.1) is 4.77 Å². The lowest BCUT2D eigenvalue weighted by Gasteiger charge is -2.31. The Kier molecular flexibility index (Phi) is 5.22. The quantitative estimate of drug-likeness (QED) is 0.646. The highest BCUT2D eigenvalue weighted by atomic mass is 35.5. The Morgan fingerprint density at radius 3 is 2.75 bits per heavy atom. The minimum absolute atomic E-state index is 0.185. The Labute approximate surface area is 154 Å². The van der Waals surface area contributed by atoms with Crippen LogP contribution in [0.25, 0.3) is 0 Å². The van der Waals surface area contributed by atoms with Gasteiger partial charge in [0.15, 0.2) is 4.77 Å².